The molecule has 0 saturated carbocycles. The highest BCUT2D eigenvalue weighted by Gasteiger charge is 2.26. The second-order valence-electron chi connectivity index (χ2n) is 7.08. The van der Waals surface area contributed by atoms with Crippen molar-refractivity contribution in [3.8, 4) is 0 Å². The number of hydrogen-bond acceptors (Lipinski definition) is 4. The van der Waals surface area contributed by atoms with Gasteiger partial charge in [-0.2, -0.15) is 0 Å². The highest BCUT2D eigenvalue weighted by Crippen LogP contribution is 2.10. The number of rotatable bonds is 9. The van der Waals surface area contributed by atoms with Gasteiger partial charge in [0.05, 0.1) is 33.2 Å². The molecule has 2 aromatic heterocycles. The Balaban J connectivity index is 1.70. The summed E-state index contributed by atoms with van der Waals surface area (Å²) >= 11 is 0. The van der Waals surface area contributed by atoms with Crippen LogP contribution >= 0.6 is 0 Å². The molecule has 29 heavy (non-hydrogen) atoms. The molecule has 3 N–H and O–H groups in total. The fourth-order valence-corrected chi connectivity index (χ4v) is 3.10. The normalized spacial score (nSPS) is 13.1. The maximum absolute atomic E-state index is 13.0. The maximum Gasteiger partial charge on any atom is 0.287 e. The van der Waals surface area contributed by atoms with E-state index < -0.39 is 11.9 Å². The van der Waals surface area contributed by atoms with Crippen molar-refractivity contribution < 1.29 is 23.3 Å². The highest BCUT2D eigenvalue weighted by molar-refractivity contribution is 5.95. The highest BCUT2D eigenvalue weighted by atomic mass is 16.3. The number of hydrogen-bond donors (Lipinski definition) is 3. The maximum atomic E-state index is 13.0. The average molecular weight is 396 g/mol. The van der Waals surface area contributed by atoms with E-state index in [1.54, 1.807) is 18.4 Å². The van der Waals surface area contributed by atoms with Crippen molar-refractivity contribution in [2.45, 2.75) is 18.5 Å². The van der Waals surface area contributed by atoms with Gasteiger partial charge >= 0.3 is 0 Å². The lowest BCUT2D eigenvalue weighted by Crippen LogP contribution is -3.07. The van der Waals surface area contributed by atoms with Crippen molar-refractivity contribution in [1.82, 2.24) is 10.6 Å². The lowest BCUT2D eigenvalue weighted by Gasteiger charge is -2.22. The molecule has 7 heteroatoms. The number of furan rings is 2. The van der Waals surface area contributed by atoms with Gasteiger partial charge in [-0.1, -0.05) is 30.3 Å². The summed E-state index contributed by atoms with van der Waals surface area (Å²) < 4.78 is 10.6. The van der Waals surface area contributed by atoms with Crippen LogP contribution in [0.3, 0.4) is 0 Å². The first-order valence-electron chi connectivity index (χ1n) is 9.54. The number of amides is 2. The van der Waals surface area contributed by atoms with Crippen molar-refractivity contribution in [1.29, 1.82) is 0 Å². The third-order valence-corrected chi connectivity index (χ3v) is 4.71. The van der Waals surface area contributed by atoms with E-state index in [0.29, 0.717) is 13.0 Å². The number of quaternary nitrogens is 1. The Bertz CT molecular complexity index is 890. The first-order valence-corrected chi connectivity index (χ1v) is 9.54. The number of carbonyl (C=O) groups is 2. The average Bonchev–Trinajstić information content (AvgIpc) is 3.42. The zero-order valence-corrected chi connectivity index (χ0v) is 16.6. The zero-order chi connectivity index (χ0) is 20.6. The largest absolute Gasteiger partial charge is 0.463 e. The SMILES string of the molecule is C[NH+](C)[C@@H](CNC(=O)[C@@H](Cc1ccccc1)NC(=O)c1ccco1)c1ccco1. The van der Waals surface area contributed by atoms with Gasteiger partial charge in [0, 0.05) is 6.42 Å². The van der Waals surface area contributed by atoms with E-state index in [9.17, 15) is 9.59 Å². The van der Waals surface area contributed by atoms with Gasteiger partial charge in [-0.25, -0.2) is 0 Å². The van der Waals surface area contributed by atoms with Crippen LogP contribution in [0.5, 0.6) is 0 Å². The van der Waals surface area contributed by atoms with Gasteiger partial charge in [0.1, 0.15) is 6.04 Å². The quantitative estimate of drug-likeness (QED) is 0.507. The Morgan fingerprint density at radius 3 is 2.31 bits per heavy atom. The molecule has 7 nitrogen and oxygen atoms in total. The van der Waals surface area contributed by atoms with Gasteiger partial charge in [0.2, 0.25) is 5.91 Å². The molecule has 0 fully saturated rings. The predicted molar refractivity (Wildman–Crippen MR) is 107 cm³/mol. The molecule has 2 atom stereocenters. The summed E-state index contributed by atoms with van der Waals surface area (Å²) in [5.74, 6) is 0.282. The summed E-state index contributed by atoms with van der Waals surface area (Å²) in [6, 6.07) is 15.7. The topological polar surface area (TPSA) is 88.9 Å². The van der Waals surface area contributed by atoms with Crippen molar-refractivity contribution in [3.63, 3.8) is 0 Å². The van der Waals surface area contributed by atoms with E-state index >= 15 is 0 Å². The predicted octanol–water partition coefficient (Wildman–Crippen LogP) is 1.22. The second-order valence-corrected chi connectivity index (χ2v) is 7.08. The molecule has 0 aliphatic heterocycles. The van der Waals surface area contributed by atoms with Crippen LogP contribution in [0, 0.1) is 0 Å². The van der Waals surface area contributed by atoms with Crippen LogP contribution in [0.2, 0.25) is 0 Å². The molecule has 0 aliphatic carbocycles. The van der Waals surface area contributed by atoms with Gasteiger partial charge < -0.3 is 24.4 Å². The van der Waals surface area contributed by atoms with Gasteiger partial charge in [-0.3, -0.25) is 9.59 Å². The van der Waals surface area contributed by atoms with Crippen molar-refractivity contribution in [3.05, 3.63) is 84.2 Å². The van der Waals surface area contributed by atoms with E-state index in [0.717, 1.165) is 16.2 Å². The van der Waals surface area contributed by atoms with Gasteiger partial charge in [-0.05, 0) is 29.8 Å². The fraction of sp³-hybridized carbons (Fsp3) is 0.273. The molecule has 2 heterocycles. The van der Waals surface area contributed by atoms with Crippen molar-refractivity contribution >= 4 is 11.8 Å². The molecule has 1 aromatic carbocycles. The van der Waals surface area contributed by atoms with E-state index in [2.05, 4.69) is 10.6 Å². The van der Waals surface area contributed by atoms with Gasteiger partial charge in [0.25, 0.3) is 5.91 Å². The summed E-state index contributed by atoms with van der Waals surface area (Å²) in [5, 5.41) is 5.74. The van der Waals surface area contributed by atoms with Crippen LogP contribution in [0.25, 0.3) is 0 Å². The lowest BCUT2D eigenvalue weighted by molar-refractivity contribution is -0.891. The van der Waals surface area contributed by atoms with Crippen LogP contribution in [0.4, 0.5) is 0 Å². The summed E-state index contributed by atoms with van der Waals surface area (Å²) in [4.78, 5) is 26.5. The van der Waals surface area contributed by atoms with Crippen LogP contribution in [0.15, 0.2) is 76.0 Å². The minimum Gasteiger partial charge on any atom is -0.463 e. The molecule has 2 amide bonds. The molecule has 0 aliphatic rings. The number of nitrogens with one attached hydrogen (secondary N) is 3. The molecule has 0 spiro atoms. The number of benzene rings is 1. The molecule has 0 unspecified atom stereocenters. The Hall–Kier alpha value is -3.32. The van der Waals surface area contributed by atoms with E-state index in [4.69, 9.17) is 8.83 Å². The number of likely N-dealkylation sites (N-methyl/N-ethyl adjacent to an activating group) is 1. The molecule has 3 aromatic rings. The van der Waals surface area contributed by atoms with E-state index in [-0.39, 0.29) is 17.7 Å². The van der Waals surface area contributed by atoms with Crippen LogP contribution in [-0.4, -0.2) is 38.5 Å². The first kappa shape index (κ1) is 20.4. The third-order valence-electron chi connectivity index (χ3n) is 4.71. The molecule has 0 radical (unpaired) electrons. The monoisotopic (exact) mass is 396 g/mol. The summed E-state index contributed by atoms with van der Waals surface area (Å²) in [7, 11) is 4.00. The summed E-state index contributed by atoms with van der Waals surface area (Å²) in [5.41, 5.74) is 0.952. The Morgan fingerprint density at radius 2 is 1.69 bits per heavy atom. The van der Waals surface area contributed by atoms with Crippen LogP contribution in [0.1, 0.15) is 27.9 Å². The summed E-state index contributed by atoms with van der Waals surface area (Å²) in [6.07, 6.45) is 3.42. The molecule has 152 valence electrons. The lowest BCUT2D eigenvalue weighted by atomic mass is 10.0. The Labute approximate surface area is 169 Å². The first-order chi connectivity index (χ1) is 14.0. The van der Waals surface area contributed by atoms with Crippen molar-refractivity contribution in [2.75, 3.05) is 20.6 Å². The van der Waals surface area contributed by atoms with E-state index in [1.165, 1.54) is 6.26 Å². The minimum absolute atomic E-state index is 0.0351. The molecular formula is C22H26N3O4+. The Morgan fingerprint density at radius 1 is 0.966 bits per heavy atom. The standard InChI is InChI=1S/C22H25N3O4/c1-25(2)18(19-10-6-12-28-19)15-23-21(26)17(14-16-8-4-3-5-9-16)24-22(27)20-11-7-13-29-20/h3-13,17-18H,14-15H2,1-2H3,(H,23,26)(H,24,27)/p+1/t17-,18+/m1/s1. The smallest absolute Gasteiger partial charge is 0.287 e. The Kier molecular flexibility index (Phi) is 6.86. The van der Waals surface area contributed by atoms with E-state index in [1.807, 2.05) is 56.6 Å². The zero-order valence-electron chi connectivity index (χ0n) is 16.6. The van der Waals surface area contributed by atoms with Crippen molar-refractivity contribution in [2.24, 2.45) is 0 Å². The van der Waals surface area contributed by atoms with Crippen LogP contribution in [-0.2, 0) is 11.2 Å². The number of carbonyl (C=O) groups excluding carboxylic acids is 2. The molecule has 0 saturated heterocycles. The third kappa shape index (κ3) is 5.58. The molecular weight excluding hydrogens is 370 g/mol. The summed E-state index contributed by atoms with van der Waals surface area (Å²) in [6.45, 7) is 0.386. The minimum atomic E-state index is -0.732. The second kappa shape index (κ2) is 9.75. The van der Waals surface area contributed by atoms with Gasteiger partial charge in [-0.15, -0.1) is 0 Å². The van der Waals surface area contributed by atoms with Crippen LogP contribution < -0.4 is 15.5 Å². The molecule has 3 rings (SSSR count). The fourth-order valence-electron chi connectivity index (χ4n) is 3.10. The van der Waals surface area contributed by atoms with Gasteiger partial charge in [0.15, 0.2) is 17.6 Å². The molecule has 0 bridgehead atoms.